The lowest BCUT2D eigenvalue weighted by Crippen LogP contribution is -2.44. The summed E-state index contributed by atoms with van der Waals surface area (Å²) in [6.45, 7) is 7.79. The Bertz CT molecular complexity index is 553. The number of rotatable bonds is 6. The monoisotopic (exact) mass is 339 g/mol. The van der Waals surface area contributed by atoms with Gasteiger partial charge in [-0.15, -0.1) is 0 Å². The van der Waals surface area contributed by atoms with Crippen LogP contribution in [0.25, 0.3) is 0 Å². The van der Waals surface area contributed by atoms with E-state index >= 15 is 0 Å². The molecule has 0 amide bonds. The second-order valence-electron chi connectivity index (χ2n) is 6.28. The lowest BCUT2D eigenvalue weighted by Gasteiger charge is -2.20. The van der Waals surface area contributed by atoms with E-state index in [-0.39, 0.29) is 24.4 Å². The van der Waals surface area contributed by atoms with Crippen LogP contribution in [0.1, 0.15) is 27.7 Å². The van der Waals surface area contributed by atoms with Gasteiger partial charge in [0, 0.05) is 7.05 Å². The smallest absolute Gasteiger partial charge is 0.325 e. The molecule has 0 saturated heterocycles. The Balaban J connectivity index is 2.35. The molecule has 1 aromatic rings. The van der Waals surface area contributed by atoms with Crippen molar-refractivity contribution in [2.75, 3.05) is 20.1 Å². The average Bonchev–Trinajstić information content (AvgIpc) is 2.48. The van der Waals surface area contributed by atoms with Gasteiger partial charge >= 0.3 is 5.97 Å². The van der Waals surface area contributed by atoms with Crippen LogP contribution in [0.4, 0.5) is 4.39 Å². The summed E-state index contributed by atoms with van der Waals surface area (Å²) in [5, 5.41) is 5.93. The van der Waals surface area contributed by atoms with Crippen molar-refractivity contribution in [2.45, 2.75) is 39.4 Å². The van der Waals surface area contributed by atoms with Crippen LogP contribution in [-0.4, -0.2) is 43.8 Å². The number of hydrogen-bond donors (Lipinski definition) is 2. The third-order valence-corrected chi connectivity index (χ3v) is 2.75. The Morgan fingerprint density at radius 2 is 1.88 bits per heavy atom. The van der Waals surface area contributed by atoms with E-state index in [2.05, 4.69) is 15.6 Å². The summed E-state index contributed by atoms with van der Waals surface area (Å²) < 4.78 is 23.7. The van der Waals surface area contributed by atoms with Crippen molar-refractivity contribution >= 4 is 11.9 Å². The Hall–Kier alpha value is -2.31. The van der Waals surface area contributed by atoms with Crippen molar-refractivity contribution in [2.24, 2.45) is 4.99 Å². The molecule has 24 heavy (non-hydrogen) atoms. The fourth-order valence-electron chi connectivity index (χ4n) is 1.78. The molecular formula is C17H26FN3O3. The van der Waals surface area contributed by atoms with E-state index in [4.69, 9.17) is 9.47 Å². The van der Waals surface area contributed by atoms with Gasteiger partial charge in [-0.05, 0) is 52.0 Å². The minimum atomic E-state index is -0.521. The summed E-state index contributed by atoms with van der Waals surface area (Å²) in [6.07, 6.45) is -0.171. The molecule has 1 rings (SSSR count). The first-order valence-electron chi connectivity index (χ1n) is 7.78. The summed E-state index contributed by atoms with van der Waals surface area (Å²) >= 11 is 0. The molecule has 1 unspecified atom stereocenters. The van der Waals surface area contributed by atoms with Crippen molar-refractivity contribution in [3.05, 3.63) is 30.1 Å². The largest absolute Gasteiger partial charge is 0.489 e. The third kappa shape index (κ3) is 8.36. The fraction of sp³-hybridized carbons (Fsp3) is 0.529. The van der Waals surface area contributed by atoms with Gasteiger partial charge < -0.3 is 20.1 Å². The average molecular weight is 339 g/mol. The van der Waals surface area contributed by atoms with E-state index in [0.29, 0.717) is 18.3 Å². The molecule has 6 nitrogen and oxygen atoms in total. The first-order chi connectivity index (χ1) is 11.2. The topological polar surface area (TPSA) is 72.0 Å². The van der Waals surface area contributed by atoms with E-state index in [9.17, 15) is 9.18 Å². The predicted molar refractivity (Wildman–Crippen MR) is 91.7 cm³/mol. The number of guanidine groups is 1. The normalized spacial score (nSPS) is 13.2. The number of esters is 1. The number of carbonyl (C=O) groups excluding carboxylic acids is 1. The van der Waals surface area contributed by atoms with Crippen LogP contribution in [0.3, 0.4) is 0 Å². The number of nitrogens with zero attached hydrogens (tertiary/aromatic N) is 1. The maximum atomic E-state index is 12.8. The molecule has 0 aliphatic rings. The molecule has 7 heteroatoms. The van der Waals surface area contributed by atoms with Gasteiger partial charge in [0.1, 0.15) is 29.8 Å². The van der Waals surface area contributed by atoms with Crippen molar-refractivity contribution in [1.29, 1.82) is 0 Å². The lowest BCUT2D eigenvalue weighted by atomic mass is 10.2. The maximum absolute atomic E-state index is 12.8. The fourth-order valence-corrected chi connectivity index (χ4v) is 1.78. The zero-order chi connectivity index (χ0) is 18.2. The Morgan fingerprint density at radius 3 is 2.42 bits per heavy atom. The molecule has 0 fully saturated rings. The maximum Gasteiger partial charge on any atom is 0.325 e. The zero-order valence-corrected chi connectivity index (χ0v) is 14.9. The number of hydrogen-bond acceptors (Lipinski definition) is 4. The van der Waals surface area contributed by atoms with Gasteiger partial charge in [0.25, 0.3) is 0 Å². The van der Waals surface area contributed by atoms with Crippen LogP contribution in [0.15, 0.2) is 29.3 Å². The molecule has 0 aliphatic heterocycles. The molecule has 0 radical (unpaired) electrons. The van der Waals surface area contributed by atoms with E-state index in [0.717, 1.165) is 0 Å². The van der Waals surface area contributed by atoms with Gasteiger partial charge in [-0.3, -0.25) is 9.79 Å². The van der Waals surface area contributed by atoms with Gasteiger partial charge in [-0.2, -0.15) is 0 Å². The molecule has 0 aliphatic carbocycles. The van der Waals surface area contributed by atoms with Crippen molar-refractivity contribution in [1.82, 2.24) is 10.6 Å². The number of ether oxygens (including phenoxy) is 2. The number of aliphatic imine (C=N–C) groups is 1. The van der Waals surface area contributed by atoms with Gasteiger partial charge in [0.05, 0.1) is 6.54 Å². The van der Waals surface area contributed by atoms with Crippen LogP contribution >= 0.6 is 0 Å². The molecule has 0 heterocycles. The second-order valence-corrected chi connectivity index (χ2v) is 6.28. The van der Waals surface area contributed by atoms with Crippen LogP contribution in [0.5, 0.6) is 5.75 Å². The highest BCUT2D eigenvalue weighted by molar-refractivity contribution is 5.84. The number of carbonyl (C=O) groups is 1. The van der Waals surface area contributed by atoms with E-state index in [1.807, 2.05) is 27.7 Å². The summed E-state index contributed by atoms with van der Waals surface area (Å²) in [5.74, 6) is 0.388. The molecule has 0 spiro atoms. The summed E-state index contributed by atoms with van der Waals surface area (Å²) in [6, 6.07) is 5.83. The third-order valence-electron chi connectivity index (χ3n) is 2.75. The summed E-state index contributed by atoms with van der Waals surface area (Å²) in [5.41, 5.74) is -0.521. The highest BCUT2D eigenvalue weighted by Crippen LogP contribution is 2.12. The number of nitrogens with one attached hydrogen (secondary N) is 2. The number of benzene rings is 1. The Kier molecular flexibility index (Phi) is 7.48. The Morgan fingerprint density at radius 1 is 1.25 bits per heavy atom. The lowest BCUT2D eigenvalue weighted by molar-refractivity contribution is -0.153. The summed E-state index contributed by atoms with van der Waals surface area (Å²) in [4.78, 5) is 15.7. The van der Waals surface area contributed by atoms with Crippen molar-refractivity contribution < 1.29 is 18.7 Å². The summed E-state index contributed by atoms with van der Waals surface area (Å²) in [7, 11) is 1.61. The van der Waals surface area contributed by atoms with Crippen molar-refractivity contribution in [3.8, 4) is 5.75 Å². The first kappa shape index (κ1) is 19.7. The van der Waals surface area contributed by atoms with Crippen LogP contribution < -0.4 is 15.4 Å². The van der Waals surface area contributed by atoms with Crippen LogP contribution in [-0.2, 0) is 9.53 Å². The molecule has 0 saturated carbocycles. The zero-order valence-electron chi connectivity index (χ0n) is 14.9. The highest BCUT2D eigenvalue weighted by Gasteiger charge is 2.16. The standard InChI is InChI=1S/C17H26FN3O3/c1-12(23-14-8-6-13(18)7-9-14)10-20-16(19-5)21-11-15(22)24-17(2,3)4/h6-9,12H,10-11H2,1-5H3,(H2,19,20,21). The molecule has 0 bridgehead atoms. The Labute approximate surface area is 142 Å². The molecule has 134 valence electrons. The van der Waals surface area contributed by atoms with Gasteiger partial charge in [-0.25, -0.2) is 4.39 Å². The van der Waals surface area contributed by atoms with Crippen LogP contribution in [0.2, 0.25) is 0 Å². The highest BCUT2D eigenvalue weighted by atomic mass is 19.1. The minimum Gasteiger partial charge on any atom is -0.489 e. The van der Waals surface area contributed by atoms with Gasteiger partial charge in [-0.1, -0.05) is 0 Å². The van der Waals surface area contributed by atoms with E-state index in [1.165, 1.54) is 12.1 Å². The number of halogens is 1. The predicted octanol–water partition coefficient (Wildman–Crippen LogP) is 2.10. The first-order valence-corrected chi connectivity index (χ1v) is 7.78. The van der Waals surface area contributed by atoms with Gasteiger partial charge in [0.2, 0.25) is 0 Å². The van der Waals surface area contributed by atoms with E-state index < -0.39 is 5.60 Å². The molecular weight excluding hydrogens is 313 g/mol. The van der Waals surface area contributed by atoms with Crippen molar-refractivity contribution in [3.63, 3.8) is 0 Å². The molecule has 1 atom stereocenters. The molecule has 1 aromatic carbocycles. The van der Waals surface area contributed by atoms with E-state index in [1.54, 1.807) is 19.2 Å². The van der Waals surface area contributed by atoms with Crippen LogP contribution in [0, 0.1) is 5.82 Å². The minimum absolute atomic E-state index is 0.0180. The molecule has 2 N–H and O–H groups in total. The second kappa shape index (κ2) is 9.10. The quantitative estimate of drug-likeness (QED) is 0.472. The SMILES string of the molecule is CN=C(NCC(=O)OC(C)(C)C)NCC(C)Oc1ccc(F)cc1. The molecule has 0 aromatic heterocycles. The van der Waals surface area contributed by atoms with Gasteiger partial charge in [0.15, 0.2) is 5.96 Å².